The van der Waals surface area contributed by atoms with Gasteiger partial charge in [0.2, 0.25) is 0 Å². The summed E-state index contributed by atoms with van der Waals surface area (Å²) in [6, 6.07) is 0. The Morgan fingerprint density at radius 1 is 1.38 bits per heavy atom. The smallest absolute Gasteiger partial charge is 0.195 e. The maximum absolute atomic E-state index is 11.6. The molecule has 0 aromatic heterocycles. The second-order valence-electron chi connectivity index (χ2n) is 3.91. The predicted molar refractivity (Wildman–Crippen MR) is 52.6 cm³/mol. The molecule has 0 unspecified atom stereocenters. The molecule has 1 heterocycles. The van der Waals surface area contributed by atoms with E-state index in [1.807, 2.05) is 0 Å². The fraction of sp³-hybridized carbons (Fsp3) is 1.00. The summed E-state index contributed by atoms with van der Waals surface area (Å²) >= 11 is 0. The van der Waals surface area contributed by atoms with Crippen molar-refractivity contribution in [2.24, 2.45) is 5.92 Å². The van der Waals surface area contributed by atoms with E-state index in [9.17, 15) is 8.42 Å². The van der Waals surface area contributed by atoms with Crippen molar-refractivity contribution in [1.82, 2.24) is 8.61 Å². The fourth-order valence-corrected chi connectivity index (χ4v) is 2.30. The molecule has 0 aromatic rings. The average Bonchev–Trinajstić information content (AvgIpc) is 2.81. The lowest BCUT2D eigenvalue weighted by Gasteiger charge is -2.17. The van der Waals surface area contributed by atoms with Gasteiger partial charge in [0.05, 0.1) is 0 Å². The zero-order valence-electron chi connectivity index (χ0n) is 8.52. The monoisotopic (exact) mass is 206 g/mol. The maximum atomic E-state index is 11.6. The summed E-state index contributed by atoms with van der Waals surface area (Å²) in [5.74, 6) is 0.548. The summed E-state index contributed by atoms with van der Waals surface area (Å²) in [5, 5.41) is 0. The molecule has 1 saturated heterocycles. The summed E-state index contributed by atoms with van der Waals surface area (Å²) in [6.45, 7) is 6.19. The molecule has 1 rings (SSSR count). The van der Waals surface area contributed by atoms with E-state index in [2.05, 4.69) is 13.8 Å². The normalized spacial score (nSPS) is 18.5. The molecule has 1 aliphatic heterocycles. The van der Waals surface area contributed by atoms with Crippen molar-refractivity contribution in [2.75, 3.05) is 26.7 Å². The molecule has 13 heavy (non-hydrogen) atoms. The van der Waals surface area contributed by atoms with Crippen molar-refractivity contribution in [3.8, 4) is 0 Å². The van der Waals surface area contributed by atoms with Crippen LogP contribution in [-0.4, -0.2) is 43.7 Å². The van der Waals surface area contributed by atoms with Gasteiger partial charge in [-0.15, -0.1) is 0 Å². The van der Waals surface area contributed by atoms with Crippen molar-refractivity contribution >= 4 is 10.2 Å². The van der Waals surface area contributed by atoms with E-state index >= 15 is 0 Å². The summed E-state index contributed by atoms with van der Waals surface area (Å²) in [7, 11) is -1.45. The third-order valence-corrected chi connectivity index (χ3v) is 4.14. The van der Waals surface area contributed by atoms with Gasteiger partial charge in [0.15, 0.2) is 0 Å². The third-order valence-electron chi connectivity index (χ3n) is 2.15. The summed E-state index contributed by atoms with van der Waals surface area (Å²) < 4.78 is 26.0. The molecule has 0 spiro atoms. The molecular weight excluding hydrogens is 188 g/mol. The molecular formula is C8H18N2O2S. The lowest BCUT2D eigenvalue weighted by atomic mass is 10.1. The van der Waals surface area contributed by atoms with E-state index in [0.717, 1.165) is 6.42 Å². The number of nitrogens with zero attached hydrogens (tertiary/aromatic N) is 2. The molecule has 0 aromatic carbocycles. The molecule has 0 saturated carbocycles. The molecule has 78 valence electrons. The molecule has 0 N–H and O–H groups in total. The van der Waals surface area contributed by atoms with E-state index in [-0.39, 0.29) is 0 Å². The minimum atomic E-state index is -3.09. The van der Waals surface area contributed by atoms with E-state index in [4.69, 9.17) is 0 Å². The topological polar surface area (TPSA) is 40.4 Å². The first kappa shape index (κ1) is 10.9. The van der Waals surface area contributed by atoms with Gasteiger partial charge in [-0.25, -0.2) is 0 Å². The average molecular weight is 206 g/mol. The Labute approximate surface area is 80.7 Å². The largest absolute Gasteiger partial charge is 0.281 e. The van der Waals surface area contributed by atoms with Gasteiger partial charge in [-0.3, -0.25) is 0 Å². The highest BCUT2D eigenvalue weighted by molar-refractivity contribution is 7.87. The van der Waals surface area contributed by atoms with Crippen molar-refractivity contribution in [1.29, 1.82) is 0 Å². The Balaban J connectivity index is 2.42. The van der Waals surface area contributed by atoms with E-state index in [1.54, 1.807) is 7.05 Å². The molecule has 4 nitrogen and oxygen atoms in total. The van der Waals surface area contributed by atoms with Crippen LogP contribution >= 0.6 is 0 Å². The van der Waals surface area contributed by atoms with E-state index in [0.29, 0.717) is 25.6 Å². The number of hydrogen-bond donors (Lipinski definition) is 0. The van der Waals surface area contributed by atoms with Crippen LogP contribution in [0.15, 0.2) is 0 Å². The van der Waals surface area contributed by atoms with Crippen LogP contribution in [0.5, 0.6) is 0 Å². The van der Waals surface area contributed by atoms with Gasteiger partial charge in [-0.1, -0.05) is 13.8 Å². The second-order valence-corrected chi connectivity index (χ2v) is 5.95. The van der Waals surface area contributed by atoms with Crippen molar-refractivity contribution in [3.05, 3.63) is 0 Å². The van der Waals surface area contributed by atoms with Crippen LogP contribution < -0.4 is 0 Å². The zero-order valence-corrected chi connectivity index (χ0v) is 9.34. The van der Waals surface area contributed by atoms with Gasteiger partial charge in [0, 0.05) is 26.7 Å². The van der Waals surface area contributed by atoms with Crippen molar-refractivity contribution in [2.45, 2.75) is 20.3 Å². The Morgan fingerprint density at radius 2 is 1.92 bits per heavy atom. The molecule has 0 aliphatic carbocycles. The molecule has 0 atom stereocenters. The lowest BCUT2D eigenvalue weighted by Crippen LogP contribution is -2.33. The summed E-state index contributed by atoms with van der Waals surface area (Å²) in [5.41, 5.74) is 0. The van der Waals surface area contributed by atoms with Gasteiger partial charge in [-0.2, -0.15) is 17.0 Å². The van der Waals surface area contributed by atoms with Crippen LogP contribution in [0, 0.1) is 5.92 Å². The first-order valence-corrected chi connectivity index (χ1v) is 6.05. The Hall–Kier alpha value is -0.130. The van der Waals surface area contributed by atoms with Gasteiger partial charge < -0.3 is 0 Å². The molecule has 0 amide bonds. The summed E-state index contributed by atoms with van der Waals surface area (Å²) in [4.78, 5) is 0. The molecule has 5 heteroatoms. The van der Waals surface area contributed by atoms with Gasteiger partial charge in [0.25, 0.3) is 10.2 Å². The first-order chi connectivity index (χ1) is 5.94. The second kappa shape index (κ2) is 3.94. The zero-order chi connectivity index (χ0) is 10.1. The van der Waals surface area contributed by atoms with E-state index < -0.39 is 10.2 Å². The maximum Gasteiger partial charge on any atom is 0.281 e. The predicted octanol–water partition coefficient (Wildman–Crippen LogP) is 0.525. The van der Waals surface area contributed by atoms with Crippen LogP contribution in [0.1, 0.15) is 20.3 Å². The van der Waals surface area contributed by atoms with Crippen LogP contribution in [-0.2, 0) is 10.2 Å². The molecule has 1 aliphatic rings. The molecule has 0 bridgehead atoms. The van der Waals surface area contributed by atoms with Crippen LogP contribution in [0.2, 0.25) is 0 Å². The van der Waals surface area contributed by atoms with E-state index in [1.165, 1.54) is 8.61 Å². The van der Waals surface area contributed by atoms with Crippen LogP contribution in [0.4, 0.5) is 0 Å². The van der Waals surface area contributed by atoms with Crippen molar-refractivity contribution < 1.29 is 8.42 Å². The van der Waals surface area contributed by atoms with Crippen molar-refractivity contribution in [3.63, 3.8) is 0 Å². The highest BCUT2D eigenvalue weighted by Gasteiger charge is 2.34. The third kappa shape index (κ3) is 2.93. The Kier molecular flexibility index (Phi) is 3.32. The standard InChI is InChI=1S/C8H18N2O2S/c1-8(2)4-5-9(3)13(11,12)10-6-7-10/h8H,4-7H2,1-3H3. The number of hydrogen-bond acceptors (Lipinski definition) is 2. The minimum absolute atomic E-state index is 0.548. The van der Waals surface area contributed by atoms with Crippen LogP contribution in [0.25, 0.3) is 0 Å². The Bertz CT molecular complexity index is 257. The lowest BCUT2D eigenvalue weighted by molar-refractivity contribution is 0.410. The van der Waals surface area contributed by atoms with Gasteiger partial charge in [0.1, 0.15) is 0 Å². The highest BCUT2D eigenvalue weighted by atomic mass is 32.2. The highest BCUT2D eigenvalue weighted by Crippen LogP contribution is 2.15. The number of rotatable bonds is 5. The quantitative estimate of drug-likeness (QED) is 0.615. The van der Waals surface area contributed by atoms with Crippen LogP contribution in [0.3, 0.4) is 0 Å². The fourth-order valence-electron chi connectivity index (χ4n) is 1.02. The van der Waals surface area contributed by atoms with Gasteiger partial charge in [-0.05, 0) is 12.3 Å². The summed E-state index contributed by atoms with van der Waals surface area (Å²) in [6.07, 6.45) is 0.920. The minimum Gasteiger partial charge on any atom is -0.195 e. The van der Waals surface area contributed by atoms with Gasteiger partial charge >= 0.3 is 0 Å². The first-order valence-electron chi connectivity index (χ1n) is 4.66. The molecule has 1 fully saturated rings. The SMILES string of the molecule is CC(C)CCN(C)S(=O)(=O)N1CC1. The Morgan fingerprint density at radius 3 is 2.31 bits per heavy atom. The molecule has 0 radical (unpaired) electrons.